The summed E-state index contributed by atoms with van der Waals surface area (Å²) in [6.07, 6.45) is -23.3. The Morgan fingerprint density at radius 2 is 1.28 bits per heavy atom. The molecule has 3 nitrogen and oxygen atoms in total. The van der Waals surface area contributed by atoms with Crippen LogP contribution in [-0.2, 0) is 4.74 Å². The van der Waals surface area contributed by atoms with Crippen molar-refractivity contribution in [2.45, 2.75) is 63.3 Å². The summed E-state index contributed by atoms with van der Waals surface area (Å²) in [7, 11) is 0. The molecule has 0 aromatic heterocycles. The fourth-order valence-electron chi connectivity index (χ4n) is 2.63. The van der Waals surface area contributed by atoms with Gasteiger partial charge in [0.15, 0.2) is 0 Å². The lowest BCUT2D eigenvalue weighted by Crippen LogP contribution is -2.75. The normalized spacial score (nSPS) is 26.3. The van der Waals surface area contributed by atoms with E-state index in [4.69, 9.17) is 0 Å². The first-order valence-electron chi connectivity index (χ1n) is 7.22. The molecule has 12 heteroatoms. The molecule has 25 heavy (non-hydrogen) atoms. The molecule has 1 fully saturated rings. The van der Waals surface area contributed by atoms with E-state index < -0.39 is 36.3 Å². The molecule has 1 saturated carbocycles. The highest BCUT2D eigenvalue weighted by molar-refractivity contribution is 5.69. The number of carbonyl (C=O) groups is 1. The molecule has 1 aliphatic carbocycles. The molecule has 0 heterocycles. The van der Waals surface area contributed by atoms with E-state index in [9.17, 15) is 44.3 Å². The van der Waals surface area contributed by atoms with E-state index in [1.165, 1.54) is 0 Å². The number of ether oxygens (including phenoxy) is 1. The zero-order valence-corrected chi connectivity index (χ0v) is 13.1. The molecule has 1 amide bonds. The molecular weight excluding hydrogens is 373 g/mol. The van der Waals surface area contributed by atoms with Gasteiger partial charge in [-0.05, 0) is 31.1 Å². The maximum atomic E-state index is 12.7. The summed E-state index contributed by atoms with van der Waals surface area (Å²) in [5.41, 5.74) is -6.41. The summed E-state index contributed by atoms with van der Waals surface area (Å²) in [5.74, 6) is 0.131. The van der Waals surface area contributed by atoms with Crippen molar-refractivity contribution in [2.24, 2.45) is 11.8 Å². The van der Waals surface area contributed by atoms with Crippen LogP contribution in [0.2, 0.25) is 0 Å². The maximum absolute atomic E-state index is 12.7. The van der Waals surface area contributed by atoms with Crippen LogP contribution < -0.4 is 5.32 Å². The van der Waals surface area contributed by atoms with Gasteiger partial charge in [-0.15, -0.1) is 0 Å². The number of rotatable bonds is 2. The Morgan fingerprint density at radius 1 is 0.840 bits per heavy atom. The molecule has 1 aliphatic rings. The number of amides is 1. The molecule has 0 radical (unpaired) electrons. The lowest BCUT2D eigenvalue weighted by Gasteiger charge is -2.39. The van der Waals surface area contributed by atoms with Crippen LogP contribution in [0, 0.1) is 11.8 Å². The minimum Gasteiger partial charge on any atom is -0.446 e. The molecule has 0 saturated heterocycles. The van der Waals surface area contributed by atoms with Gasteiger partial charge >= 0.3 is 30.2 Å². The van der Waals surface area contributed by atoms with Gasteiger partial charge in [0, 0.05) is 0 Å². The topological polar surface area (TPSA) is 38.3 Å². The SMILES string of the molecule is CC1CCC(OC(=O)NC(C(F)(F)F)(C(F)(F)F)C(F)(F)F)CC1C. The van der Waals surface area contributed by atoms with E-state index in [1.807, 2.05) is 6.92 Å². The van der Waals surface area contributed by atoms with Crippen LogP contribution in [0.5, 0.6) is 0 Å². The summed E-state index contributed by atoms with van der Waals surface area (Å²) in [6, 6.07) is 0. The third-order valence-electron chi connectivity index (χ3n) is 4.39. The highest BCUT2D eigenvalue weighted by Gasteiger charge is 2.85. The van der Waals surface area contributed by atoms with E-state index in [-0.39, 0.29) is 30.0 Å². The molecule has 1 N–H and O–H groups in total. The first kappa shape index (κ1) is 21.7. The van der Waals surface area contributed by atoms with E-state index in [0.717, 1.165) is 0 Å². The zero-order valence-electron chi connectivity index (χ0n) is 13.1. The van der Waals surface area contributed by atoms with Crippen molar-refractivity contribution in [3.63, 3.8) is 0 Å². The van der Waals surface area contributed by atoms with Gasteiger partial charge in [-0.3, -0.25) is 5.32 Å². The third-order valence-corrected chi connectivity index (χ3v) is 4.39. The summed E-state index contributed by atoms with van der Waals surface area (Å²) >= 11 is 0. The predicted octanol–water partition coefficient (Wildman–Crippen LogP) is 4.96. The number of halogens is 9. The van der Waals surface area contributed by atoms with Crippen LogP contribution in [0.15, 0.2) is 0 Å². The fraction of sp³-hybridized carbons (Fsp3) is 0.923. The largest absolute Gasteiger partial charge is 0.446 e. The first-order valence-corrected chi connectivity index (χ1v) is 7.22. The van der Waals surface area contributed by atoms with Gasteiger partial charge in [-0.1, -0.05) is 13.8 Å². The highest BCUT2D eigenvalue weighted by atomic mass is 19.4. The minimum absolute atomic E-state index is 0.0124. The quantitative estimate of drug-likeness (QED) is 0.678. The molecular formula is C13H16F9NO2. The van der Waals surface area contributed by atoms with Crippen LogP contribution in [0.1, 0.15) is 33.1 Å². The molecule has 148 valence electrons. The van der Waals surface area contributed by atoms with Crippen molar-refractivity contribution in [1.82, 2.24) is 5.32 Å². The van der Waals surface area contributed by atoms with Crippen LogP contribution in [0.4, 0.5) is 44.3 Å². The number of alkyl carbamates (subject to hydrolysis) is 1. The summed E-state index contributed by atoms with van der Waals surface area (Å²) < 4.78 is 119. The van der Waals surface area contributed by atoms with Crippen molar-refractivity contribution in [1.29, 1.82) is 0 Å². The van der Waals surface area contributed by atoms with Crippen molar-refractivity contribution < 1.29 is 49.0 Å². The summed E-state index contributed by atoms with van der Waals surface area (Å²) in [4.78, 5) is 11.4. The second-order valence-electron chi connectivity index (χ2n) is 6.16. The van der Waals surface area contributed by atoms with E-state index >= 15 is 0 Å². The number of hydrogen-bond donors (Lipinski definition) is 1. The van der Waals surface area contributed by atoms with E-state index in [0.29, 0.717) is 6.42 Å². The number of hydrogen-bond acceptors (Lipinski definition) is 2. The molecule has 0 aromatic rings. The summed E-state index contributed by atoms with van der Waals surface area (Å²) in [5, 5.41) is -0.0124. The van der Waals surface area contributed by atoms with Gasteiger partial charge in [0.2, 0.25) is 0 Å². The van der Waals surface area contributed by atoms with Gasteiger partial charge < -0.3 is 4.74 Å². The molecule has 0 aromatic carbocycles. The zero-order chi connectivity index (χ0) is 19.8. The van der Waals surface area contributed by atoms with Crippen LogP contribution in [-0.4, -0.2) is 36.3 Å². The Labute approximate surface area is 136 Å². The Bertz CT molecular complexity index is 447. The Morgan fingerprint density at radius 3 is 1.64 bits per heavy atom. The lowest BCUT2D eigenvalue weighted by atomic mass is 9.80. The van der Waals surface area contributed by atoms with Gasteiger partial charge in [-0.25, -0.2) is 4.79 Å². The third kappa shape index (κ3) is 4.25. The maximum Gasteiger partial charge on any atom is 0.429 e. The van der Waals surface area contributed by atoms with Gasteiger partial charge in [0.25, 0.3) is 0 Å². The van der Waals surface area contributed by atoms with Crippen molar-refractivity contribution in [2.75, 3.05) is 0 Å². The Balaban J connectivity index is 3.05. The number of alkyl halides is 9. The first-order chi connectivity index (χ1) is 11.0. The molecule has 3 atom stereocenters. The molecule has 0 aliphatic heterocycles. The van der Waals surface area contributed by atoms with Crippen molar-refractivity contribution in [3.8, 4) is 0 Å². The fourth-order valence-corrected chi connectivity index (χ4v) is 2.63. The highest BCUT2D eigenvalue weighted by Crippen LogP contribution is 2.52. The van der Waals surface area contributed by atoms with Crippen molar-refractivity contribution in [3.05, 3.63) is 0 Å². The number of nitrogens with one attached hydrogen (secondary N) is 1. The molecule has 0 bridgehead atoms. The monoisotopic (exact) mass is 389 g/mol. The number of carbonyl (C=O) groups excluding carboxylic acids is 1. The summed E-state index contributed by atoms with van der Waals surface area (Å²) in [6.45, 7) is 3.58. The van der Waals surface area contributed by atoms with Crippen LogP contribution in [0.25, 0.3) is 0 Å². The standard InChI is InChI=1S/C13H16F9NO2/c1-6-3-4-8(5-7(6)2)25-9(24)23-10(11(14,15)16,12(17,18)19)13(20,21)22/h6-8H,3-5H2,1-2H3,(H,23,24). The van der Waals surface area contributed by atoms with Crippen LogP contribution in [0.3, 0.4) is 0 Å². The smallest absolute Gasteiger partial charge is 0.429 e. The average Bonchev–Trinajstić information content (AvgIpc) is 2.36. The van der Waals surface area contributed by atoms with Crippen molar-refractivity contribution >= 4 is 6.09 Å². The second-order valence-corrected chi connectivity index (χ2v) is 6.16. The lowest BCUT2D eigenvalue weighted by molar-refractivity contribution is -0.387. The van der Waals surface area contributed by atoms with E-state index in [2.05, 4.69) is 4.74 Å². The van der Waals surface area contributed by atoms with Gasteiger partial charge in [0.1, 0.15) is 6.10 Å². The predicted molar refractivity (Wildman–Crippen MR) is 66.5 cm³/mol. The molecule has 0 spiro atoms. The Hall–Kier alpha value is -1.36. The van der Waals surface area contributed by atoms with Crippen LogP contribution >= 0.6 is 0 Å². The Kier molecular flexibility index (Phi) is 5.85. The van der Waals surface area contributed by atoms with Gasteiger partial charge in [-0.2, -0.15) is 39.5 Å². The van der Waals surface area contributed by atoms with E-state index in [1.54, 1.807) is 6.92 Å². The second kappa shape index (κ2) is 6.75. The average molecular weight is 389 g/mol. The minimum atomic E-state index is -6.86. The molecule has 1 rings (SSSR count). The molecule has 3 unspecified atom stereocenters. The van der Waals surface area contributed by atoms with Gasteiger partial charge in [0.05, 0.1) is 0 Å².